The summed E-state index contributed by atoms with van der Waals surface area (Å²) in [6, 6.07) is 14.6. The summed E-state index contributed by atoms with van der Waals surface area (Å²) < 4.78 is 51.1. The largest absolute Gasteiger partial charge is 0.494 e. The van der Waals surface area contributed by atoms with Crippen LogP contribution in [0.4, 0.5) is 15.8 Å². The molecule has 3 aromatic rings. The van der Waals surface area contributed by atoms with Crippen molar-refractivity contribution in [3.05, 3.63) is 83.1 Å². The molecule has 0 fully saturated rings. The lowest BCUT2D eigenvalue weighted by atomic mass is 10.2. The third-order valence-corrected chi connectivity index (χ3v) is 6.90. The fourth-order valence-electron chi connectivity index (χ4n) is 3.12. The minimum atomic E-state index is -4.25. The van der Waals surface area contributed by atoms with E-state index in [1.165, 1.54) is 37.4 Å². The number of hydrogen-bond donors (Lipinski definition) is 1. The van der Waals surface area contributed by atoms with Crippen LogP contribution in [0.15, 0.2) is 71.6 Å². The van der Waals surface area contributed by atoms with E-state index < -0.39 is 34.3 Å². The summed E-state index contributed by atoms with van der Waals surface area (Å²) in [5.41, 5.74) is 0.444. The third kappa shape index (κ3) is 6.28. The number of hydrogen-bond acceptors (Lipinski definition) is 6. The van der Waals surface area contributed by atoms with Crippen molar-refractivity contribution in [2.45, 2.75) is 11.8 Å². The summed E-state index contributed by atoms with van der Waals surface area (Å²) in [7, 11) is -3.05. The van der Waals surface area contributed by atoms with Gasteiger partial charge in [-0.3, -0.25) is 9.10 Å². The van der Waals surface area contributed by atoms with Crippen molar-refractivity contribution in [1.82, 2.24) is 0 Å². The monoisotopic (exact) mass is 520 g/mol. The summed E-state index contributed by atoms with van der Waals surface area (Å²) in [6.07, 6.45) is 0. The van der Waals surface area contributed by atoms with Crippen LogP contribution in [0.5, 0.6) is 5.75 Å². The first-order valence-corrected chi connectivity index (χ1v) is 12.2. The highest BCUT2D eigenvalue weighted by molar-refractivity contribution is 7.92. The topological polar surface area (TPSA) is 102 Å². The Balaban J connectivity index is 1.93. The maximum absolute atomic E-state index is 13.4. The minimum absolute atomic E-state index is 0.0364. The molecule has 3 aromatic carbocycles. The lowest BCUT2D eigenvalue weighted by Gasteiger charge is -2.24. The second-order valence-electron chi connectivity index (χ2n) is 7.13. The first-order valence-electron chi connectivity index (χ1n) is 10.3. The van der Waals surface area contributed by atoms with Crippen LogP contribution in [0.2, 0.25) is 5.02 Å². The Morgan fingerprint density at radius 3 is 2.29 bits per heavy atom. The Hall–Kier alpha value is -3.63. The SMILES string of the molecule is CCOc1ccc(N(CC(=O)Nc2ccc(Cl)c(C(=O)OC)c2)S(=O)(=O)c2ccc(F)cc2)cc1. The van der Waals surface area contributed by atoms with E-state index in [1.807, 2.05) is 6.92 Å². The molecule has 0 bridgehead atoms. The maximum Gasteiger partial charge on any atom is 0.339 e. The molecule has 184 valence electrons. The molecule has 1 N–H and O–H groups in total. The lowest BCUT2D eigenvalue weighted by Crippen LogP contribution is -2.38. The van der Waals surface area contributed by atoms with Gasteiger partial charge < -0.3 is 14.8 Å². The molecule has 0 saturated heterocycles. The molecule has 35 heavy (non-hydrogen) atoms. The Bertz CT molecular complexity index is 1310. The fraction of sp³-hybridized carbons (Fsp3) is 0.167. The van der Waals surface area contributed by atoms with Crippen LogP contribution in [0, 0.1) is 5.82 Å². The molecular weight excluding hydrogens is 499 g/mol. The summed E-state index contributed by atoms with van der Waals surface area (Å²) in [5, 5.41) is 2.69. The molecule has 0 saturated carbocycles. The molecule has 1 amide bonds. The van der Waals surface area contributed by atoms with Gasteiger partial charge >= 0.3 is 5.97 Å². The number of anilines is 2. The number of nitrogens with one attached hydrogen (secondary N) is 1. The number of methoxy groups -OCH3 is 1. The van der Waals surface area contributed by atoms with Crippen molar-refractivity contribution in [3.8, 4) is 5.75 Å². The van der Waals surface area contributed by atoms with Crippen molar-refractivity contribution < 1.29 is 31.9 Å². The Morgan fingerprint density at radius 2 is 1.69 bits per heavy atom. The number of carbonyl (C=O) groups excluding carboxylic acids is 2. The first kappa shape index (κ1) is 26.0. The Kier molecular flexibility index (Phi) is 8.31. The highest BCUT2D eigenvalue weighted by Gasteiger charge is 2.27. The summed E-state index contributed by atoms with van der Waals surface area (Å²) in [6.45, 7) is 1.63. The van der Waals surface area contributed by atoms with Crippen LogP contribution in [0.3, 0.4) is 0 Å². The molecule has 0 radical (unpaired) electrons. The van der Waals surface area contributed by atoms with Crippen molar-refractivity contribution in [1.29, 1.82) is 0 Å². The molecule has 0 spiro atoms. The van der Waals surface area contributed by atoms with E-state index in [4.69, 9.17) is 16.3 Å². The smallest absolute Gasteiger partial charge is 0.339 e. The van der Waals surface area contributed by atoms with E-state index in [1.54, 1.807) is 12.1 Å². The predicted molar refractivity (Wildman–Crippen MR) is 130 cm³/mol. The molecule has 11 heteroatoms. The molecule has 0 atom stereocenters. The number of sulfonamides is 1. The minimum Gasteiger partial charge on any atom is -0.494 e. The van der Waals surface area contributed by atoms with Gasteiger partial charge in [0.15, 0.2) is 0 Å². The van der Waals surface area contributed by atoms with Gasteiger partial charge in [0.2, 0.25) is 5.91 Å². The zero-order chi connectivity index (χ0) is 25.6. The zero-order valence-electron chi connectivity index (χ0n) is 18.8. The number of esters is 1. The van der Waals surface area contributed by atoms with Gasteiger partial charge in [-0.05, 0) is 73.7 Å². The lowest BCUT2D eigenvalue weighted by molar-refractivity contribution is -0.114. The normalized spacial score (nSPS) is 11.0. The van der Waals surface area contributed by atoms with Crippen molar-refractivity contribution in [2.24, 2.45) is 0 Å². The fourth-order valence-corrected chi connectivity index (χ4v) is 4.74. The maximum atomic E-state index is 13.4. The standard InChI is InChI=1S/C24H22ClFN2O6S/c1-3-34-19-9-7-18(8-10-19)28(35(31,32)20-11-4-16(26)5-12-20)15-23(29)27-17-6-13-22(25)21(14-17)24(30)33-2/h4-14H,3,15H2,1-2H3,(H,27,29). The average molecular weight is 521 g/mol. The van der Waals surface area contributed by atoms with Crippen LogP contribution in [-0.2, 0) is 19.6 Å². The van der Waals surface area contributed by atoms with Crippen molar-refractivity contribution in [2.75, 3.05) is 29.9 Å². The van der Waals surface area contributed by atoms with Gasteiger partial charge in [0.25, 0.3) is 10.0 Å². The summed E-state index contributed by atoms with van der Waals surface area (Å²) >= 11 is 6.01. The van der Waals surface area contributed by atoms with E-state index in [2.05, 4.69) is 10.1 Å². The quantitative estimate of drug-likeness (QED) is 0.417. The van der Waals surface area contributed by atoms with E-state index in [0.29, 0.717) is 12.4 Å². The van der Waals surface area contributed by atoms with Gasteiger partial charge in [-0.1, -0.05) is 11.6 Å². The number of nitrogens with zero attached hydrogens (tertiary/aromatic N) is 1. The van der Waals surface area contributed by atoms with Crippen LogP contribution >= 0.6 is 11.6 Å². The molecule has 0 aromatic heterocycles. The van der Waals surface area contributed by atoms with Crippen LogP contribution in [-0.4, -0.2) is 40.6 Å². The van der Waals surface area contributed by atoms with E-state index >= 15 is 0 Å². The number of ether oxygens (including phenoxy) is 2. The van der Waals surface area contributed by atoms with Crippen LogP contribution < -0.4 is 14.4 Å². The van der Waals surface area contributed by atoms with Gasteiger partial charge in [0.05, 0.1) is 34.9 Å². The van der Waals surface area contributed by atoms with Gasteiger partial charge in [0.1, 0.15) is 18.1 Å². The molecule has 0 heterocycles. The van der Waals surface area contributed by atoms with Gasteiger partial charge in [-0.15, -0.1) is 0 Å². The van der Waals surface area contributed by atoms with Gasteiger partial charge in [-0.25, -0.2) is 17.6 Å². The average Bonchev–Trinajstić information content (AvgIpc) is 2.84. The number of carbonyl (C=O) groups is 2. The van der Waals surface area contributed by atoms with E-state index in [9.17, 15) is 22.4 Å². The molecule has 0 aliphatic carbocycles. The van der Waals surface area contributed by atoms with Crippen molar-refractivity contribution >= 4 is 44.9 Å². The van der Waals surface area contributed by atoms with E-state index in [-0.39, 0.29) is 26.9 Å². The molecular formula is C24H22ClFN2O6S. The van der Waals surface area contributed by atoms with Gasteiger partial charge in [0, 0.05) is 5.69 Å². The number of halogens is 2. The molecule has 3 rings (SSSR count). The Labute approximate surface area is 207 Å². The summed E-state index contributed by atoms with van der Waals surface area (Å²) in [5.74, 6) is -1.46. The Morgan fingerprint density at radius 1 is 1.03 bits per heavy atom. The number of benzene rings is 3. The predicted octanol–water partition coefficient (Wildman–Crippen LogP) is 4.50. The van der Waals surface area contributed by atoms with Crippen LogP contribution in [0.1, 0.15) is 17.3 Å². The highest BCUT2D eigenvalue weighted by atomic mass is 35.5. The van der Waals surface area contributed by atoms with Crippen molar-refractivity contribution in [3.63, 3.8) is 0 Å². The molecule has 8 nitrogen and oxygen atoms in total. The second kappa shape index (κ2) is 11.2. The molecule has 0 unspecified atom stereocenters. The van der Waals surface area contributed by atoms with Crippen LogP contribution in [0.25, 0.3) is 0 Å². The second-order valence-corrected chi connectivity index (χ2v) is 9.40. The number of rotatable bonds is 9. The summed E-state index contributed by atoms with van der Waals surface area (Å²) in [4.78, 5) is 24.6. The van der Waals surface area contributed by atoms with Gasteiger partial charge in [-0.2, -0.15) is 0 Å². The molecule has 0 aliphatic rings. The highest BCUT2D eigenvalue weighted by Crippen LogP contribution is 2.27. The third-order valence-electron chi connectivity index (χ3n) is 4.78. The molecule has 0 aliphatic heterocycles. The number of amides is 1. The van der Waals surface area contributed by atoms with E-state index in [0.717, 1.165) is 28.6 Å². The first-order chi connectivity index (χ1) is 16.6. The zero-order valence-corrected chi connectivity index (χ0v) is 20.4.